The van der Waals surface area contributed by atoms with Crippen LogP contribution in [-0.2, 0) is 11.3 Å². The van der Waals surface area contributed by atoms with E-state index in [-0.39, 0.29) is 12.5 Å². The second-order valence-corrected chi connectivity index (χ2v) is 7.07. The van der Waals surface area contributed by atoms with Gasteiger partial charge in [-0.25, -0.2) is 0 Å². The SMILES string of the molecule is CN(C)C(=O)Cn1ccc(-c2ccc(OCCNCC(O)c3cccnc3)cc2)n1. The molecule has 8 heteroatoms. The Balaban J connectivity index is 1.41. The highest BCUT2D eigenvalue weighted by molar-refractivity contribution is 5.75. The molecule has 2 heterocycles. The lowest BCUT2D eigenvalue weighted by Gasteiger charge is -2.12. The van der Waals surface area contributed by atoms with Crippen molar-refractivity contribution in [3.63, 3.8) is 0 Å². The lowest BCUT2D eigenvalue weighted by molar-refractivity contribution is -0.129. The van der Waals surface area contributed by atoms with E-state index in [2.05, 4.69) is 15.4 Å². The van der Waals surface area contributed by atoms with Crippen molar-refractivity contribution in [3.8, 4) is 17.0 Å². The van der Waals surface area contributed by atoms with Gasteiger partial charge in [0, 0.05) is 56.9 Å². The molecule has 0 aliphatic heterocycles. The third kappa shape index (κ3) is 6.13. The highest BCUT2D eigenvalue weighted by Gasteiger charge is 2.09. The van der Waals surface area contributed by atoms with E-state index in [1.807, 2.05) is 36.4 Å². The fourth-order valence-corrected chi connectivity index (χ4v) is 2.78. The minimum absolute atomic E-state index is 0.00467. The molecular weight excluding hydrogens is 382 g/mol. The van der Waals surface area contributed by atoms with Gasteiger partial charge in [0.2, 0.25) is 5.91 Å². The van der Waals surface area contributed by atoms with Crippen molar-refractivity contribution in [1.29, 1.82) is 0 Å². The Morgan fingerprint density at radius 1 is 1.23 bits per heavy atom. The first-order valence-corrected chi connectivity index (χ1v) is 9.78. The van der Waals surface area contributed by atoms with Gasteiger partial charge in [0.1, 0.15) is 18.9 Å². The third-order valence-electron chi connectivity index (χ3n) is 4.54. The van der Waals surface area contributed by atoms with Gasteiger partial charge in [-0.05, 0) is 36.4 Å². The van der Waals surface area contributed by atoms with Crippen LogP contribution in [-0.4, -0.2) is 64.5 Å². The van der Waals surface area contributed by atoms with Gasteiger partial charge >= 0.3 is 0 Å². The zero-order chi connectivity index (χ0) is 21.3. The number of rotatable bonds is 10. The maximum absolute atomic E-state index is 11.8. The van der Waals surface area contributed by atoms with E-state index in [1.165, 1.54) is 0 Å². The van der Waals surface area contributed by atoms with Gasteiger partial charge in [-0.3, -0.25) is 14.5 Å². The molecule has 0 fully saturated rings. The van der Waals surface area contributed by atoms with E-state index in [9.17, 15) is 9.90 Å². The number of hydrogen-bond donors (Lipinski definition) is 2. The molecule has 2 N–H and O–H groups in total. The number of amides is 1. The number of likely N-dealkylation sites (N-methyl/N-ethyl adjacent to an activating group) is 1. The molecule has 0 spiro atoms. The van der Waals surface area contributed by atoms with Crippen molar-refractivity contribution in [2.75, 3.05) is 33.8 Å². The van der Waals surface area contributed by atoms with Crippen LogP contribution >= 0.6 is 0 Å². The van der Waals surface area contributed by atoms with Crippen LogP contribution in [0.2, 0.25) is 0 Å². The third-order valence-corrected chi connectivity index (χ3v) is 4.54. The van der Waals surface area contributed by atoms with Gasteiger partial charge in [-0.15, -0.1) is 0 Å². The molecule has 0 bridgehead atoms. The topological polar surface area (TPSA) is 92.5 Å². The lowest BCUT2D eigenvalue weighted by Crippen LogP contribution is -2.26. The van der Waals surface area contributed by atoms with Crippen LogP contribution in [0.3, 0.4) is 0 Å². The van der Waals surface area contributed by atoms with Crippen molar-refractivity contribution in [1.82, 2.24) is 25.0 Å². The number of carbonyl (C=O) groups excluding carboxylic acids is 1. The van der Waals surface area contributed by atoms with Crippen LogP contribution in [0.4, 0.5) is 0 Å². The van der Waals surface area contributed by atoms with E-state index in [4.69, 9.17) is 4.74 Å². The summed E-state index contributed by atoms with van der Waals surface area (Å²) in [6, 6.07) is 13.2. The first kappa shape index (κ1) is 21.5. The average molecular weight is 409 g/mol. The summed E-state index contributed by atoms with van der Waals surface area (Å²) in [6.45, 7) is 1.76. The summed E-state index contributed by atoms with van der Waals surface area (Å²) in [4.78, 5) is 17.3. The van der Waals surface area contributed by atoms with Crippen molar-refractivity contribution < 1.29 is 14.6 Å². The van der Waals surface area contributed by atoms with Gasteiger partial charge in [0.15, 0.2) is 0 Å². The van der Waals surface area contributed by atoms with Crippen LogP contribution in [0.5, 0.6) is 5.75 Å². The number of carbonyl (C=O) groups is 1. The maximum Gasteiger partial charge on any atom is 0.243 e. The standard InChI is InChI=1S/C22H27N5O3/c1-26(2)22(29)16-27-12-9-20(25-27)17-5-7-19(8-6-17)30-13-11-24-15-21(28)18-4-3-10-23-14-18/h3-10,12,14,21,24,28H,11,13,15-16H2,1-2H3. The smallest absolute Gasteiger partial charge is 0.243 e. The quantitative estimate of drug-likeness (QED) is 0.496. The molecule has 8 nitrogen and oxygen atoms in total. The Bertz CT molecular complexity index is 925. The number of aliphatic hydroxyl groups excluding tert-OH is 1. The zero-order valence-corrected chi connectivity index (χ0v) is 17.2. The van der Waals surface area contributed by atoms with Gasteiger partial charge in [-0.2, -0.15) is 5.10 Å². The van der Waals surface area contributed by atoms with Gasteiger partial charge in [0.05, 0.1) is 11.8 Å². The Labute approximate surface area is 176 Å². The number of nitrogens with zero attached hydrogens (tertiary/aromatic N) is 4. The number of pyridine rings is 1. The summed E-state index contributed by atoms with van der Waals surface area (Å²) in [7, 11) is 3.45. The number of aliphatic hydroxyl groups is 1. The second-order valence-electron chi connectivity index (χ2n) is 7.07. The van der Waals surface area contributed by atoms with E-state index in [0.29, 0.717) is 19.7 Å². The average Bonchev–Trinajstić information content (AvgIpc) is 3.22. The van der Waals surface area contributed by atoms with Gasteiger partial charge in [0.25, 0.3) is 0 Å². The van der Waals surface area contributed by atoms with Crippen molar-refractivity contribution >= 4 is 5.91 Å². The summed E-state index contributed by atoms with van der Waals surface area (Å²) in [6.07, 6.45) is 4.55. The Kier molecular flexibility index (Phi) is 7.53. The van der Waals surface area contributed by atoms with Gasteiger partial charge < -0.3 is 20.1 Å². The van der Waals surface area contributed by atoms with E-state index in [0.717, 1.165) is 22.6 Å². The predicted molar refractivity (Wildman–Crippen MR) is 114 cm³/mol. The molecule has 3 aromatic rings. The van der Waals surface area contributed by atoms with Crippen LogP contribution < -0.4 is 10.1 Å². The van der Waals surface area contributed by atoms with Crippen LogP contribution in [0.1, 0.15) is 11.7 Å². The van der Waals surface area contributed by atoms with E-state index < -0.39 is 6.10 Å². The molecule has 0 aliphatic carbocycles. The molecule has 0 saturated heterocycles. The van der Waals surface area contributed by atoms with E-state index in [1.54, 1.807) is 48.3 Å². The molecular formula is C22H27N5O3. The number of hydrogen-bond acceptors (Lipinski definition) is 6. The van der Waals surface area contributed by atoms with Crippen molar-refractivity contribution in [3.05, 3.63) is 66.6 Å². The number of ether oxygens (including phenoxy) is 1. The number of benzene rings is 1. The molecule has 1 amide bonds. The molecule has 1 atom stereocenters. The molecule has 30 heavy (non-hydrogen) atoms. The normalized spacial score (nSPS) is 11.8. The monoisotopic (exact) mass is 409 g/mol. The summed E-state index contributed by atoms with van der Waals surface area (Å²) < 4.78 is 7.37. The highest BCUT2D eigenvalue weighted by atomic mass is 16.5. The highest BCUT2D eigenvalue weighted by Crippen LogP contribution is 2.20. The molecule has 158 valence electrons. The minimum atomic E-state index is -0.592. The number of aromatic nitrogens is 3. The van der Waals surface area contributed by atoms with Crippen molar-refractivity contribution in [2.24, 2.45) is 0 Å². The summed E-state index contributed by atoms with van der Waals surface area (Å²) in [5, 5.41) is 17.7. The molecule has 3 rings (SSSR count). The fourth-order valence-electron chi connectivity index (χ4n) is 2.78. The molecule has 0 aliphatic rings. The molecule has 1 aromatic carbocycles. The van der Waals surface area contributed by atoms with Crippen LogP contribution in [0.15, 0.2) is 61.1 Å². The van der Waals surface area contributed by atoms with Gasteiger partial charge in [-0.1, -0.05) is 6.07 Å². The second kappa shape index (κ2) is 10.5. The van der Waals surface area contributed by atoms with Crippen LogP contribution in [0.25, 0.3) is 11.3 Å². The number of nitrogens with one attached hydrogen (secondary N) is 1. The predicted octanol–water partition coefficient (Wildman–Crippen LogP) is 1.74. The largest absolute Gasteiger partial charge is 0.492 e. The summed E-state index contributed by atoms with van der Waals surface area (Å²) in [5.74, 6) is 0.755. The van der Waals surface area contributed by atoms with E-state index >= 15 is 0 Å². The molecule has 0 radical (unpaired) electrons. The van der Waals surface area contributed by atoms with Crippen molar-refractivity contribution in [2.45, 2.75) is 12.6 Å². The first-order chi connectivity index (χ1) is 14.5. The Morgan fingerprint density at radius 2 is 2.03 bits per heavy atom. The van der Waals surface area contributed by atoms with Crippen LogP contribution in [0, 0.1) is 0 Å². The fraction of sp³-hybridized carbons (Fsp3) is 0.318. The zero-order valence-electron chi connectivity index (χ0n) is 17.2. The molecule has 0 saturated carbocycles. The first-order valence-electron chi connectivity index (χ1n) is 9.78. The Morgan fingerprint density at radius 3 is 2.73 bits per heavy atom. The Hall–Kier alpha value is -3.23. The lowest BCUT2D eigenvalue weighted by atomic mass is 10.1. The summed E-state index contributed by atoms with van der Waals surface area (Å²) in [5.41, 5.74) is 2.55. The minimum Gasteiger partial charge on any atom is -0.492 e. The summed E-state index contributed by atoms with van der Waals surface area (Å²) >= 11 is 0. The maximum atomic E-state index is 11.8. The molecule has 1 unspecified atom stereocenters. The molecule has 2 aromatic heterocycles.